The molecule has 114 valence electrons. The molecule has 3 aromatic rings. The lowest BCUT2D eigenvalue weighted by Gasteiger charge is -2.11. The van der Waals surface area contributed by atoms with E-state index in [9.17, 15) is 4.79 Å². The van der Waals surface area contributed by atoms with E-state index in [2.05, 4.69) is 11.1 Å². The molecule has 0 radical (unpaired) electrons. The second-order valence-corrected chi connectivity index (χ2v) is 5.28. The predicted octanol–water partition coefficient (Wildman–Crippen LogP) is 3.59. The lowest BCUT2D eigenvalue weighted by atomic mass is 10.1. The predicted molar refractivity (Wildman–Crippen MR) is 86.7 cm³/mol. The molecule has 0 fully saturated rings. The van der Waals surface area contributed by atoms with E-state index in [1.807, 2.05) is 12.2 Å². The molecule has 0 N–H and O–H groups in total. The Morgan fingerprint density at radius 1 is 1.30 bits per heavy atom. The van der Waals surface area contributed by atoms with Crippen molar-refractivity contribution in [3.63, 3.8) is 0 Å². The molecule has 5 heteroatoms. The maximum Gasteiger partial charge on any atom is 0.216 e. The summed E-state index contributed by atoms with van der Waals surface area (Å²) in [7, 11) is 0. The molecule has 23 heavy (non-hydrogen) atoms. The standard InChI is InChI=1S/C18H14N2O3/c21-18-15-10-14(23-13-4-2-1-3-5-13)6-7-17(15)22-11-16(18)20-9-8-19-12-20/h1-2,4,6-12H,3,5H2. The van der Waals surface area contributed by atoms with Crippen molar-refractivity contribution < 1.29 is 9.15 Å². The molecule has 0 saturated carbocycles. The molecule has 0 unspecified atom stereocenters. The van der Waals surface area contributed by atoms with Crippen molar-refractivity contribution in [2.24, 2.45) is 0 Å². The van der Waals surface area contributed by atoms with Crippen LogP contribution in [0.5, 0.6) is 5.75 Å². The van der Waals surface area contributed by atoms with E-state index in [0.717, 1.165) is 18.6 Å². The van der Waals surface area contributed by atoms with Crippen molar-refractivity contribution in [1.82, 2.24) is 9.55 Å². The van der Waals surface area contributed by atoms with Gasteiger partial charge in [-0.05, 0) is 30.7 Å². The van der Waals surface area contributed by atoms with Crippen LogP contribution < -0.4 is 10.2 Å². The van der Waals surface area contributed by atoms with E-state index in [1.165, 1.54) is 6.26 Å². The molecular formula is C18H14N2O3. The highest BCUT2D eigenvalue weighted by molar-refractivity contribution is 5.79. The number of hydrogen-bond acceptors (Lipinski definition) is 4. The largest absolute Gasteiger partial charge is 0.462 e. The van der Waals surface area contributed by atoms with Gasteiger partial charge >= 0.3 is 0 Å². The summed E-state index contributed by atoms with van der Waals surface area (Å²) >= 11 is 0. The first-order valence-electron chi connectivity index (χ1n) is 7.39. The van der Waals surface area contributed by atoms with Gasteiger partial charge in [0.25, 0.3) is 0 Å². The molecule has 5 nitrogen and oxygen atoms in total. The van der Waals surface area contributed by atoms with Crippen LogP contribution in [0.3, 0.4) is 0 Å². The van der Waals surface area contributed by atoms with E-state index in [4.69, 9.17) is 9.15 Å². The van der Waals surface area contributed by atoms with Gasteiger partial charge in [-0.2, -0.15) is 0 Å². The highest BCUT2D eigenvalue weighted by Gasteiger charge is 2.11. The summed E-state index contributed by atoms with van der Waals surface area (Å²) in [6.45, 7) is 0. The highest BCUT2D eigenvalue weighted by Crippen LogP contribution is 2.23. The van der Waals surface area contributed by atoms with Crippen LogP contribution in [0.15, 0.2) is 76.4 Å². The quantitative estimate of drug-likeness (QED) is 0.742. The van der Waals surface area contributed by atoms with Crippen LogP contribution in [0, 0.1) is 0 Å². The van der Waals surface area contributed by atoms with Crippen molar-refractivity contribution >= 4 is 11.0 Å². The summed E-state index contributed by atoms with van der Waals surface area (Å²) in [5, 5.41) is 0.487. The minimum absolute atomic E-state index is 0.118. The molecular weight excluding hydrogens is 292 g/mol. The number of hydrogen-bond donors (Lipinski definition) is 0. The average Bonchev–Trinajstić information content (AvgIpc) is 3.11. The van der Waals surface area contributed by atoms with Gasteiger partial charge in [-0.25, -0.2) is 4.98 Å². The third-order valence-electron chi connectivity index (χ3n) is 3.73. The van der Waals surface area contributed by atoms with Crippen molar-refractivity contribution in [2.45, 2.75) is 12.8 Å². The normalized spacial score (nSPS) is 14.0. The van der Waals surface area contributed by atoms with Crippen LogP contribution in [0.1, 0.15) is 12.8 Å². The fourth-order valence-corrected chi connectivity index (χ4v) is 2.56. The summed E-state index contributed by atoms with van der Waals surface area (Å²) in [6.07, 6.45) is 14.2. The lowest BCUT2D eigenvalue weighted by Crippen LogP contribution is -2.10. The lowest BCUT2D eigenvalue weighted by molar-refractivity contribution is 0.403. The highest BCUT2D eigenvalue weighted by atomic mass is 16.5. The SMILES string of the molecule is O=c1c(-n2ccnc2)coc2ccc(OC3=CC=CCC3)cc12. The van der Waals surface area contributed by atoms with Gasteiger partial charge in [-0.3, -0.25) is 4.79 Å². The van der Waals surface area contributed by atoms with Crippen LogP contribution in [0.25, 0.3) is 16.7 Å². The fraction of sp³-hybridized carbons (Fsp3) is 0.111. The Kier molecular flexibility index (Phi) is 3.31. The van der Waals surface area contributed by atoms with Crippen LogP contribution in [-0.4, -0.2) is 9.55 Å². The molecule has 4 rings (SSSR count). The molecule has 0 aliphatic heterocycles. The van der Waals surface area contributed by atoms with E-state index in [-0.39, 0.29) is 5.43 Å². The number of nitrogens with zero attached hydrogens (tertiary/aromatic N) is 2. The third-order valence-corrected chi connectivity index (χ3v) is 3.73. The Bertz CT molecular complexity index is 966. The molecule has 2 aromatic heterocycles. The number of imidazole rings is 1. The van der Waals surface area contributed by atoms with Gasteiger partial charge in [0, 0.05) is 18.8 Å². The minimum atomic E-state index is -0.118. The Morgan fingerprint density at radius 3 is 3.04 bits per heavy atom. The summed E-state index contributed by atoms with van der Waals surface area (Å²) in [5.74, 6) is 1.52. The summed E-state index contributed by atoms with van der Waals surface area (Å²) in [6, 6.07) is 5.28. The molecule has 0 atom stereocenters. The van der Waals surface area contributed by atoms with Gasteiger partial charge in [0.1, 0.15) is 29.0 Å². The van der Waals surface area contributed by atoms with Crippen molar-refractivity contribution in [1.29, 1.82) is 0 Å². The molecule has 0 bridgehead atoms. The van der Waals surface area contributed by atoms with Gasteiger partial charge in [0.05, 0.1) is 11.7 Å². The molecule has 0 saturated heterocycles. The van der Waals surface area contributed by atoms with Crippen LogP contribution in [0.4, 0.5) is 0 Å². The monoisotopic (exact) mass is 306 g/mol. The summed E-state index contributed by atoms with van der Waals surface area (Å²) in [5.41, 5.74) is 0.836. The van der Waals surface area contributed by atoms with E-state index >= 15 is 0 Å². The Labute approximate surface area is 132 Å². The minimum Gasteiger partial charge on any atom is -0.462 e. The Balaban J connectivity index is 1.78. The van der Waals surface area contributed by atoms with E-state index in [1.54, 1.807) is 41.5 Å². The second-order valence-electron chi connectivity index (χ2n) is 5.28. The number of ether oxygens (including phenoxy) is 1. The van der Waals surface area contributed by atoms with Crippen LogP contribution in [-0.2, 0) is 0 Å². The second kappa shape index (κ2) is 5.61. The van der Waals surface area contributed by atoms with Crippen molar-refractivity contribution in [2.75, 3.05) is 0 Å². The van der Waals surface area contributed by atoms with E-state index < -0.39 is 0 Å². The summed E-state index contributed by atoms with van der Waals surface area (Å²) < 4.78 is 13.1. The average molecular weight is 306 g/mol. The van der Waals surface area contributed by atoms with Crippen molar-refractivity contribution in [3.05, 3.63) is 77.4 Å². The maximum absolute atomic E-state index is 12.7. The number of aromatic nitrogens is 2. The third kappa shape index (κ3) is 2.57. The number of fused-ring (bicyclic) bond motifs is 1. The van der Waals surface area contributed by atoms with Gasteiger partial charge in [-0.15, -0.1) is 0 Å². The molecule has 0 amide bonds. The summed E-state index contributed by atoms with van der Waals surface area (Å²) in [4.78, 5) is 16.6. The Morgan fingerprint density at radius 2 is 2.26 bits per heavy atom. The van der Waals surface area contributed by atoms with Gasteiger partial charge in [0.15, 0.2) is 0 Å². The zero-order valence-electron chi connectivity index (χ0n) is 12.3. The molecule has 1 aliphatic rings. The van der Waals surface area contributed by atoms with Gasteiger partial charge < -0.3 is 13.7 Å². The smallest absolute Gasteiger partial charge is 0.216 e. The number of allylic oxidation sites excluding steroid dienone is 4. The van der Waals surface area contributed by atoms with E-state index in [0.29, 0.717) is 22.4 Å². The fourth-order valence-electron chi connectivity index (χ4n) is 2.56. The van der Waals surface area contributed by atoms with Gasteiger partial charge in [-0.1, -0.05) is 12.2 Å². The first-order valence-corrected chi connectivity index (χ1v) is 7.39. The van der Waals surface area contributed by atoms with Gasteiger partial charge in [0.2, 0.25) is 5.43 Å². The van der Waals surface area contributed by atoms with Crippen molar-refractivity contribution in [3.8, 4) is 11.4 Å². The molecule has 0 spiro atoms. The maximum atomic E-state index is 12.7. The zero-order chi connectivity index (χ0) is 15.6. The first kappa shape index (κ1) is 13.6. The Hall–Kier alpha value is -3.08. The topological polar surface area (TPSA) is 57.3 Å². The molecule has 1 aromatic carbocycles. The van der Waals surface area contributed by atoms with Crippen LogP contribution >= 0.6 is 0 Å². The molecule has 2 heterocycles. The molecule has 1 aliphatic carbocycles. The zero-order valence-corrected chi connectivity index (χ0v) is 12.3. The van der Waals surface area contributed by atoms with Crippen LogP contribution in [0.2, 0.25) is 0 Å². The first-order chi connectivity index (χ1) is 11.3. The number of rotatable bonds is 3. The number of benzene rings is 1.